The number of guanidine groups is 1. The van der Waals surface area contributed by atoms with Crippen molar-refractivity contribution in [3.8, 4) is 0 Å². The highest BCUT2D eigenvalue weighted by Crippen LogP contribution is 2.29. The Bertz CT molecular complexity index is 632. The van der Waals surface area contributed by atoms with Crippen LogP contribution in [0, 0.1) is 5.92 Å². The summed E-state index contributed by atoms with van der Waals surface area (Å²) in [6.07, 6.45) is 5.05. The molecule has 1 unspecified atom stereocenters. The average Bonchev–Trinajstić information content (AvgIpc) is 3.22. The van der Waals surface area contributed by atoms with Crippen molar-refractivity contribution in [1.29, 1.82) is 0 Å². The van der Waals surface area contributed by atoms with Gasteiger partial charge in [-0.2, -0.15) is 0 Å². The summed E-state index contributed by atoms with van der Waals surface area (Å²) in [5, 5.41) is 9.23. The van der Waals surface area contributed by atoms with Crippen LogP contribution in [-0.4, -0.2) is 93.2 Å². The molecule has 0 aromatic carbocycles. The van der Waals surface area contributed by atoms with Gasteiger partial charge in [0, 0.05) is 31.1 Å². The van der Waals surface area contributed by atoms with Crippen LogP contribution in [0.4, 0.5) is 0 Å². The highest BCUT2D eigenvalue weighted by atomic mass is 127. The molecule has 0 bridgehead atoms. The fourth-order valence-electron chi connectivity index (χ4n) is 4.56. The molecule has 32 heavy (non-hydrogen) atoms. The van der Waals surface area contributed by atoms with Gasteiger partial charge in [0.05, 0.1) is 12.6 Å². The summed E-state index contributed by atoms with van der Waals surface area (Å²) in [7, 11) is 2.23. The van der Waals surface area contributed by atoms with Gasteiger partial charge < -0.3 is 20.4 Å². The molecule has 3 heterocycles. The van der Waals surface area contributed by atoms with E-state index in [4.69, 9.17) is 4.99 Å². The summed E-state index contributed by atoms with van der Waals surface area (Å²) < 4.78 is 0. The maximum atomic E-state index is 5.01. The number of likely N-dealkylation sites (tertiary alicyclic amines) is 1. The Kier molecular flexibility index (Phi) is 13.5. The van der Waals surface area contributed by atoms with Gasteiger partial charge in [0.2, 0.25) is 0 Å². The van der Waals surface area contributed by atoms with Crippen molar-refractivity contribution in [2.75, 3.05) is 72.5 Å². The van der Waals surface area contributed by atoms with Crippen molar-refractivity contribution >= 4 is 41.3 Å². The van der Waals surface area contributed by atoms with Crippen molar-refractivity contribution in [3.05, 3.63) is 22.4 Å². The monoisotopic (exact) mass is 576 g/mol. The van der Waals surface area contributed by atoms with Gasteiger partial charge in [0.25, 0.3) is 0 Å². The fraction of sp³-hybridized carbons (Fsp3) is 0.792. The zero-order valence-electron chi connectivity index (χ0n) is 20.4. The molecule has 184 valence electrons. The third kappa shape index (κ3) is 9.44. The first-order valence-corrected chi connectivity index (χ1v) is 13.2. The lowest BCUT2D eigenvalue weighted by Crippen LogP contribution is -2.41. The van der Waals surface area contributed by atoms with Gasteiger partial charge in [0.1, 0.15) is 0 Å². The van der Waals surface area contributed by atoms with Crippen molar-refractivity contribution in [3.63, 3.8) is 0 Å². The Balaban J connectivity index is 0.00000363. The maximum absolute atomic E-state index is 5.01. The number of likely N-dealkylation sites (N-methyl/N-ethyl adjacent to an activating group) is 1. The molecule has 0 saturated carbocycles. The number of nitrogens with one attached hydrogen (secondary N) is 2. The molecule has 0 amide bonds. The summed E-state index contributed by atoms with van der Waals surface area (Å²) in [4.78, 5) is 14.2. The highest BCUT2D eigenvalue weighted by molar-refractivity contribution is 14.0. The molecule has 2 aliphatic heterocycles. The van der Waals surface area contributed by atoms with E-state index in [2.05, 4.69) is 63.7 Å². The van der Waals surface area contributed by atoms with E-state index in [0.717, 1.165) is 37.9 Å². The second kappa shape index (κ2) is 15.5. The minimum absolute atomic E-state index is 0. The van der Waals surface area contributed by atoms with E-state index >= 15 is 0 Å². The number of hydrogen-bond acceptors (Lipinski definition) is 5. The average molecular weight is 577 g/mol. The van der Waals surface area contributed by atoms with Crippen LogP contribution in [0.5, 0.6) is 0 Å². The van der Waals surface area contributed by atoms with E-state index in [9.17, 15) is 0 Å². The van der Waals surface area contributed by atoms with E-state index in [1.807, 2.05) is 11.3 Å². The van der Waals surface area contributed by atoms with Gasteiger partial charge in [-0.3, -0.25) is 9.89 Å². The van der Waals surface area contributed by atoms with Crippen LogP contribution in [0.25, 0.3) is 0 Å². The topological polar surface area (TPSA) is 46.1 Å². The van der Waals surface area contributed by atoms with E-state index in [-0.39, 0.29) is 24.0 Å². The molecular formula is C24H45IN6S. The highest BCUT2D eigenvalue weighted by Gasteiger charge is 2.25. The van der Waals surface area contributed by atoms with Crippen molar-refractivity contribution in [2.45, 2.75) is 45.6 Å². The molecule has 2 aliphatic rings. The first-order valence-electron chi connectivity index (χ1n) is 12.4. The maximum Gasteiger partial charge on any atom is 0.191 e. The number of thiophene rings is 1. The molecule has 0 aliphatic carbocycles. The lowest BCUT2D eigenvalue weighted by atomic mass is 9.97. The number of piperidine rings is 1. The van der Waals surface area contributed by atoms with Crippen LogP contribution in [0.2, 0.25) is 0 Å². The standard InChI is InChI=1S/C24H44N6S.HI/c1-4-25-24(26-11-6-13-29-14-7-12-28(3)17-18-29)27-20-22(23-8-5-19-31-23)30-15-9-21(2)10-16-30;/h5,8,19,21-22H,4,6-7,9-18,20H2,1-3H3,(H2,25,26,27);1H. The van der Waals surface area contributed by atoms with Gasteiger partial charge in [-0.05, 0) is 89.7 Å². The molecule has 8 heteroatoms. The second-order valence-electron chi connectivity index (χ2n) is 9.25. The number of nitrogens with zero attached hydrogens (tertiary/aromatic N) is 4. The van der Waals surface area contributed by atoms with Crippen LogP contribution in [0.3, 0.4) is 0 Å². The van der Waals surface area contributed by atoms with E-state index < -0.39 is 0 Å². The number of aliphatic imine (C=N–C) groups is 1. The largest absolute Gasteiger partial charge is 0.357 e. The Morgan fingerprint density at radius 2 is 1.97 bits per heavy atom. The van der Waals surface area contributed by atoms with Gasteiger partial charge in [-0.15, -0.1) is 35.3 Å². The number of hydrogen-bond donors (Lipinski definition) is 2. The van der Waals surface area contributed by atoms with Gasteiger partial charge in [0.15, 0.2) is 5.96 Å². The predicted molar refractivity (Wildman–Crippen MR) is 150 cm³/mol. The third-order valence-electron chi connectivity index (χ3n) is 6.65. The molecule has 0 spiro atoms. The fourth-order valence-corrected chi connectivity index (χ4v) is 5.41. The molecule has 0 radical (unpaired) electrons. The summed E-state index contributed by atoms with van der Waals surface area (Å²) in [5.41, 5.74) is 0. The molecule has 3 rings (SSSR count). The molecule has 6 nitrogen and oxygen atoms in total. The van der Waals surface area contributed by atoms with Crippen LogP contribution < -0.4 is 10.6 Å². The summed E-state index contributed by atoms with van der Waals surface area (Å²) in [5.74, 6) is 1.82. The predicted octanol–water partition coefficient (Wildman–Crippen LogP) is 3.72. The Morgan fingerprint density at radius 1 is 1.16 bits per heavy atom. The third-order valence-corrected chi connectivity index (χ3v) is 7.63. The van der Waals surface area contributed by atoms with Crippen molar-refractivity contribution in [2.24, 2.45) is 10.9 Å². The summed E-state index contributed by atoms with van der Waals surface area (Å²) >= 11 is 1.87. The van der Waals surface area contributed by atoms with Crippen LogP contribution >= 0.6 is 35.3 Å². The van der Waals surface area contributed by atoms with Crippen molar-refractivity contribution in [1.82, 2.24) is 25.3 Å². The van der Waals surface area contributed by atoms with Crippen molar-refractivity contribution < 1.29 is 0 Å². The smallest absolute Gasteiger partial charge is 0.191 e. The van der Waals surface area contributed by atoms with Gasteiger partial charge >= 0.3 is 0 Å². The quantitative estimate of drug-likeness (QED) is 0.203. The first kappa shape index (κ1) is 27.8. The zero-order chi connectivity index (χ0) is 21.9. The number of halogens is 1. The molecule has 2 fully saturated rings. The molecule has 1 atom stereocenters. The molecule has 2 saturated heterocycles. The number of rotatable bonds is 9. The van der Waals surface area contributed by atoms with E-state index in [1.54, 1.807) is 0 Å². The minimum atomic E-state index is 0. The molecule has 1 aromatic rings. The second-order valence-corrected chi connectivity index (χ2v) is 10.2. The SMILES string of the molecule is CCNC(=NCC(c1cccs1)N1CCC(C)CC1)NCCCN1CCCN(C)CC1.I. The van der Waals surface area contributed by atoms with Gasteiger partial charge in [-0.1, -0.05) is 13.0 Å². The Labute approximate surface area is 217 Å². The van der Waals surface area contributed by atoms with Gasteiger partial charge in [-0.25, -0.2) is 0 Å². The summed E-state index contributed by atoms with van der Waals surface area (Å²) in [6, 6.07) is 4.85. The molecule has 2 N–H and O–H groups in total. The Hall–Kier alpha value is -0.420. The van der Waals surface area contributed by atoms with Crippen LogP contribution in [0.15, 0.2) is 22.5 Å². The van der Waals surface area contributed by atoms with E-state index in [1.165, 1.54) is 70.0 Å². The Morgan fingerprint density at radius 3 is 2.69 bits per heavy atom. The summed E-state index contributed by atoms with van der Waals surface area (Å²) in [6.45, 7) is 15.6. The lowest BCUT2D eigenvalue weighted by molar-refractivity contribution is 0.143. The van der Waals surface area contributed by atoms with Crippen LogP contribution in [-0.2, 0) is 0 Å². The zero-order valence-corrected chi connectivity index (χ0v) is 23.5. The lowest BCUT2D eigenvalue weighted by Gasteiger charge is -2.35. The van der Waals surface area contributed by atoms with Crippen LogP contribution in [0.1, 0.15) is 50.4 Å². The van der Waals surface area contributed by atoms with E-state index in [0.29, 0.717) is 6.04 Å². The minimum Gasteiger partial charge on any atom is -0.357 e. The molecular weight excluding hydrogens is 531 g/mol. The first-order chi connectivity index (χ1) is 15.2. The molecule has 1 aromatic heterocycles. The normalized spacial score (nSPS) is 21.0.